The van der Waals surface area contributed by atoms with E-state index in [4.69, 9.17) is 11.6 Å². The molecule has 124 valence electrons. The van der Waals surface area contributed by atoms with Gasteiger partial charge in [-0.3, -0.25) is 19.2 Å². The van der Waals surface area contributed by atoms with Crippen LogP contribution in [0.1, 0.15) is 0 Å². The summed E-state index contributed by atoms with van der Waals surface area (Å²) in [6.45, 7) is -0.421. The molecule has 0 atom stereocenters. The fourth-order valence-electron chi connectivity index (χ4n) is 2.34. The number of nitro benzene ring substituents is 1. The van der Waals surface area contributed by atoms with Crippen molar-refractivity contribution in [1.29, 1.82) is 0 Å². The average Bonchev–Trinajstić information content (AvgIpc) is 2.53. The van der Waals surface area contributed by atoms with E-state index in [2.05, 4.69) is 5.32 Å². The first-order valence-corrected chi connectivity index (χ1v) is 8.48. The molecule has 0 saturated carbocycles. The van der Waals surface area contributed by atoms with Crippen LogP contribution in [0.25, 0.3) is 0 Å². The number of fused-ring (bicyclic) bond motifs is 1. The maximum Gasteiger partial charge on any atom is 0.289 e. The number of rotatable bonds is 3. The Labute approximate surface area is 141 Å². The van der Waals surface area contributed by atoms with Crippen LogP contribution in [0.4, 0.5) is 17.1 Å². The summed E-state index contributed by atoms with van der Waals surface area (Å²) in [5, 5.41) is 13.4. The zero-order chi connectivity index (χ0) is 17.5. The predicted octanol–water partition coefficient (Wildman–Crippen LogP) is 2.40. The molecule has 0 radical (unpaired) electrons. The minimum Gasteiger partial charge on any atom is -0.323 e. The molecular formula is C14H10ClN3O5S. The van der Waals surface area contributed by atoms with Crippen molar-refractivity contribution in [2.45, 2.75) is 4.90 Å². The van der Waals surface area contributed by atoms with E-state index in [1.165, 1.54) is 12.1 Å². The van der Waals surface area contributed by atoms with Gasteiger partial charge < -0.3 is 5.32 Å². The van der Waals surface area contributed by atoms with Crippen LogP contribution in [0.15, 0.2) is 47.4 Å². The Morgan fingerprint density at radius 1 is 1.21 bits per heavy atom. The second kappa shape index (κ2) is 5.77. The molecule has 0 fully saturated rings. The number of carbonyl (C=O) groups is 1. The maximum atomic E-state index is 12.9. The largest absolute Gasteiger partial charge is 0.323 e. The lowest BCUT2D eigenvalue weighted by atomic mass is 10.2. The van der Waals surface area contributed by atoms with Gasteiger partial charge in [0.25, 0.3) is 15.7 Å². The van der Waals surface area contributed by atoms with Crippen molar-refractivity contribution >= 4 is 44.6 Å². The number of halogens is 1. The van der Waals surface area contributed by atoms with Gasteiger partial charge in [-0.1, -0.05) is 23.7 Å². The summed E-state index contributed by atoms with van der Waals surface area (Å²) >= 11 is 5.72. The smallest absolute Gasteiger partial charge is 0.289 e. The Morgan fingerprint density at radius 2 is 1.92 bits per heavy atom. The zero-order valence-electron chi connectivity index (χ0n) is 12.0. The number of hydrogen-bond acceptors (Lipinski definition) is 5. The molecule has 0 unspecified atom stereocenters. The number of para-hydroxylation sites is 2. The Hall–Kier alpha value is -2.65. The number of nitrogens with zero attached hydrogens (tertiary/aromatic N) is 2. The fourth-order valence-corrected chi connectivity index (χ4v) is 3.98. The van der Waals surface area contributed by atoms with Crippen LogP contribution in [0.2, 0.25) is 5.02 Å². The van der Waals surface area contributed by atoms with Crippen LogP contribution in [-0.2, 0) is 14.8 Å². The van der Waals surface area contributed by atoms with Crippen LogP contribution in [0, 0.1) is 10.1 Å². The Balaban J connectivity index is 2.14. The molecule has 3 rings (SSSR count). The van der Waals surface area contributed by atoms with Gasteiger partial charge in [-0.2, -0.15) is 0 Å². The molecule has 0 aromatic heterocycles. The van der Waals surface area contributed by atoms with Crippen LogP contribution < -0.4 is 9.62 Å². The van der Waals surface area contributed by atoms with Crippen molar-refractivity contribution in [3.63, 3.8) is 0 Å². The summed E-state index contributed by atoms with van der Waals surface area (Å²) in [5.41, 5.74) is 0.114. The van der Waals surface area contributed by atoms with Crippen LogP contribution >= 0.6 is 11.6 Å². The summed E-state index contributed by atoms with van der Waals surface area (Å²) in [6, 6.07) is 9.58. The summed E-state index contributed by atoms with van der Waals surface area (Å²) in [7, 11) is -4.17. The molecule has 2 aromatic rings. The summed E-state index contributed by atoms with van der Waals surface area (Å²) in [4.78, 5) is 21.7. The molecule has 1 N–H and O–H groups in total. The predicted molar refractivity (Wildman–Crippen MR) is 87.7 cm³/mol. The van der Waals surface area contributed by atoms with Crippen molar-refractivity contribution in [3.05, 3.63) is 57.6 Å². The molecule has 24 heavy (non-hydrogen) atoms. The number of benzene rings is 2. The summed E-state index contributed by atoms with van der Waals surface area (Å²) in [6.07, 6.45) is 0. The molecule has 8 nitrogen and oxygen atoms in total. The number of nitro groups is 1. The first-order chi connectivity index (χ1) is 11.3. The number of amides is 1. The normalized spacial score (nSPS) is 14.0. The van der Waals surface area contributed by atoms with E-state index in [1.807, 2.05) is 0 Å². The van der Waals surface area contributed by atoms with Gasteiger partial charge in [0.05, 0.1) is 21.2 Å². The molecule has 0 bridgehead atoms. The van der Waals surface area contributed by atoms with Crippen molar-refractivity contribution in [1.82, 2.24) is 0 Å². The topological polar surface area (TPSA) is 110 Å². The molecule has 1 aliphatic heterocycles. The molecule has 1 aliphatic rings. The van der Waals surface area contributed by atoms with Crippen molar-refractivity contribution in [3.8, 4) is 0 Å². The Bertz CT molecular complexity index is 961. The van der Waals surface area contributed by atoms with E-state index in [0.717, 1.165) is 16.4 Å². The lowest BCUT2D eigenvalue weighted by Crippen LogP contribution is -2.42. The number of sulfonamides is 1. The van der Waals surface area contributed by atoms with Crippen LogP contribution in [-0.4, -0.2) is 25.8 Å². The molecule has 10 heteroatoms. The average molecular weight is 368 g/mol. The minimum atomic E-state index is -4.17. The SMILES string of the molecule is O=C1CN(S(=O)(=O)c2ccc(Cl)c([N+](=O)[O-])c2)c2ccccc2N1. The van der Waals surface area contributed by atoms with Gasteiger partial charge in [0.2, 0.25) is 5.91 Å². The molecule has 0 spiro atoms. The molecule has 1 amide bonds. The third-order valence-electron chi connectivity index (χ3n) is 3.44. The van der Waals surface area contributed by atoms with Crippen molar-refractivity contribution < 1.29 is 18.1 Å². The molecule has 0 saturated heterocycles. The molecule has 2 aromatic carbocycles. The maximum absolute atomic E-state index is 12.9. The second-order valence-electron chi connectivity index (χ2n) is 4.95. The third kappa shape index (κ3) is 2.68. The molecule has 0 aliphatic carbocycles. The standard InChI is InChI=1S/C14H10ClN3O5S/c15-10-6-5-9(7-13(10)18(20)21)24(22,23)17-8-14(19)16-11-3-1-2-4-12(11)17/h1-7H,8H2,(H,16,19). The zero-order valence-corrected chi connectivity index (χ0v) is 13.5. The van der Waals surface area contributed by atoms with Gasteiger partial charge in [0, 0.05) is 6.07 Å². The summed E-state index contributed by atoms with van der Waals surface area (Å²) in [5.74, 6) is -0.499. The lowest BCUT2D eigenvalue weighted by molar-refractivity contribution is -0.384. The third-order valence-corrected chi connectivity index (χ3v) is 5.51. The first kappa shape index (κ1) is 16.2. The second-order valence-corrected chi connectivity index (χ2v) is 7.22. The first-order valence-electron chi connectivity index (χ1n) is 6.66. The van der Waals surface area contributed by atoms with E-state index < -0.39 is 33.1 Å². The Morgan fingerprint density at radius 3 is 2.62 bits per heavy atom. The van der Waals surface area contributed by atoms with Gasteiger partial charge in [-0.05, 0) is 24.3 Å². The van der Waals surface area contributed by atoms with Gasteiger partial charge in [-0.15, -0.1) is 0 Å². The summed E-state index contributed by atoms with van der Waals surface area (Å²) < 4.78 is 26.6. The fraction of sp³-hybridized carbons (Fsp3) is 0.0714. The monoisotopic (exact) mass is 367 g/mol. The lowest BCUT2D eigenvalue weighted by Gasteiger charge is -2.30. The number of anilines is 2. The van der Waals surface area contributed by atoms with Crippen molar-refractivity contribution in [2.75, 3.05) is 16.2 Å². The van der Waals surface area contributed by atoms with Crippen molar-refractivity contribution in [2.24, 2.45) is 0 Å². The number of carbonyl (C=O) groups excluding carboxylic acids is 1. The number of hydrogen-bond donors (Lipinski definition) is 1. The van der Waals surface area contributed by atoms with Gasteiger partial charge in [-0.25, -0.2) is 8.42 Å². The van der Waals surface area contributed by atoms with E-state index in [-0.39, 0.29) is 15.6 Å². The molecule has 1 heterocycles. The highest BCUT2D eigenvalue weighted by molar-refractivity contribution is 7.92. The molecular weight excluding hydrogens is 358 g/mol. The van der Waals surface area contributed by atoms with Gasteiger partial charge >= 0.3 is 0 Å². The highest BCUT2D eigenvalue weighted by Gasteiger charge is 2.33. The van der Waals surface area contributed by atoms with Crippen LogP contribution in [0.3, 0.4) is 0 Å². The highest BCUT2D eigenvalue weighted by Crippen LogP contribution is 2.35. The number of nitrogens with one attached hydrogen (secondary N) is 1. The van der Waals surface area contributed by atoms with E-state index in [9.17, 15) is 23.3 Å². The highest BCUT2D eigenvalue weighted by atomic mass is 35.5. The van der Waals surface area contributed by atoms with E-state index >= 15 is 0 Å². The van der Waals surface area contributed by atoms with Crippen LogP contribution in [0.5, 0.6) is 0 Å². The quantitative estimate of drug-likeness (QED) is 0.661. The minimum absolute atomic E-state index is 0.171. The van der Waals surface area contributed by atoms with E-state index in [0.29, 0.717) is 5.69 Å². The van der Waals surface area contributed by atoms with Gasteiger partial charge in [0.1, 0.15) is 11.6 Å². The van der Waals surface area contributed by atoms with E-state index in [1.54, 1.807) is 18.2 Å². The van der Waals surface area contributed by atoms with Gasteiger partial charge in [0.15, 0.2) is 0 Å². The Kier molecular flexibility index (Phi) is 3.90.